The van der Waals surface area contributed by atoms with Crippen molar-refractivity contribution >= 4 is 21.9 Å². The molecule has 66 valence electrons. The number of hydrogen-bond donors (Lipinski definition) is 0. The topological polar surface area (TPSA) is 26.3 Å². The molecule has 3 heteroatoms. The van der Waals surface area contributed by atoms with E-state index < -0.39 is 0 Å². The minimum Gasteiger partial charge on any atom is -0.462 e. The third-order valence-corrected chi connectivity index (χ3v) is 1.70. The third kappa shape index (κ3) is 6.35. The van der Waals surface area contributed by atoms with Gasteiger partial charge in [0.1, 0.15) is 5.33 Å². The number of hydrogen-bond acceptors (Lipinski definition) is 2. The summed E-state index contributed by atoms with van der Waals surface area (Å²) in [5, 5.41) is 0.287. The molecule has 0 N–H and O–H groups in total. The first-order valence-corrected chi connectivity index (χ1v) is 4.93. The van der Waals surface area contributed by atoms with Crippen LogP contribution < -0.4 is 0 Å². The van der Waals surface area contributed by atoms with E-state index in [0.717, 1.165) is 6.42 Å². The minimum atomic E-state index is -0.182. The molecule has 0 aromatic carbocycles. The molecule has 0 unspecified atom stereocenters. The van der Waals surface area contributed by atoms with Crippen LogP contribution in [-0.2, 0) is 9.53 Å². The lowest BCUT2D eigenvalue weighted by Gasteiger charge is -2.13. The minimum absolute atomic E-state index is 0.0417. The van der Waals surface area contributed by atoms with Gasteiger partial charge in [-0.1, -0.05) is 29.8 Å². The van der Waals surface area contributed by atoms with Crippen molar-refractivity contribution in [2.45, 2.75) is 33.3 Å². The predicted molar refractivity (Wildman–Crippen MR) is 48.8 cm³/mol. The molecule has 2 nitrogen and oxygen atoms in total. The predicted octanol–water partition coefficient (Wildman–Crippen LogP) is 2.36. The summed E-state index contributed by atoms with van der Waals surface area (Å²) in [6.07, 6.45) is 0.971. The molecule has 0 spiro atoms. The zero-order chi connectivity index (χ0) is 8.85. The van der Waals surface area contributed by atoms with Gasteiger partial charge in [-0.25, -0.2) is 0 Å². The smallest absolute Gasteiger partial charge is 0.316 e. The zero-order valence-corrected chi connectivity index (χ0v) is 8.85. The van der Waals surface area contributed by atoms with Gasteiger partial charge in [-0.2, -0.15) is 0 Å². The highest BCUT2D eigenvalue weighted by atomic mass is 79.9. The molecule has 0 rings (SSSR count). The Balaban J connectivity index is 3.51. The molecule has 0 aromatic rings. The lowest BCUT2D eigenvalue weighted by Crippen LogP contribution is -2.17. The highest BCUT2D eigenvalue weighted by Crippen LogP contribution is 2.07. The van der Waals surface area contributed by atoms with Crippen LogP contribution in [0.25, 0.3) is 0 Å². The monoisotopic (exact) mass is 222 g/mol. The molecular weight excluding hydrogens is 208 g/mol. The largest absolute Gasteiger partial charge is 0.462 e. The van der Waals surface area contributed by atoms with Gasteiger partial charge in [-0.3, -0.25) is 4.79 Å². The molecule has 11 heavy (non-hydrogen) atoms. The second kappa shape index (κ2) is 5.58. The van der Waals surface area contributed by atoms with Crippen molar-refractivity contribution in [3.05, 3.63) is 0 Å². The van der Waals surface area contributed by atoms with Crippen LogP contribution in [0.5, 0.6) is 0 Å². The lowest BCUT2D eigenvalue weighted by molar-refractivity contribution is -0.145. The van der Waals surface area contributed by atoms with Gasteiger partial charge in [0, 0.05) is 0 Å². The van der Waals surface area contributed by atoms with Gasteiger partial charge < -0.3 is 4.74 Å². The summed E-state index contributed by atoms with van der Waals surface area (Å²) in [7, 11) is 0. The first-order chi connectivity index (χ1) is 5.06. The maximum Gasteiger partial charge on any atom is 0.316 e. The summed E-state index contributed by atoms with van der Waals surface area (Å²) in [6, 6.07) is 0. The SMILES string of the molecule is CC(C)C[C@@H](C)OC(=O)CBr. The fourth-order valence-electron chi connectivity index (χ4n) is 0.968. The summed E-state index contributed by atoms with van der Waals surface area (Å²) in [6.45, 7) is 6.14. The second-order valence-corrected chi connectivity index (χ2v) is 3.62. The van der Waals surface area contributed by atoms with Gasteiger partial charge >= 0.3 is 5.97 Å². The third-order valence-electron chi connectivity index (χ3n) is 1.25. The quantitative estimate of drug-likeness (QED) is 0.540. The van der Waals surface area contributed by atoms with Gasteiger partial charge in [0.15, 0.2) is 0 Å². The normalized spacial score (nSPS) is 13.2. The van der Waals surface area contributed by atoms with Crippen LogP contribution in [0.3, 0.4) is 0 Å². The van der Waals surface area contributed by atoms with Crippen molar-refractivity contribution in [3.8, 4) is 0 Å². The molecule has 0 aliphatic heterocycles. The van der Waals surface area contributed by atoms with Crippen LogP contribution >= 0.6 is 15.9 Å². The maximum absolute atomic E-state index is 10.7. The molecule has 0 radical (unpaired) electrons. The first-order valence-electron chi connectivity index (χ1n) is 3.81. The number of alkyl halides is 1. The van der Waals surface area contributed by atoms with Crippen LogP contribution in [0.1, 0.15) is 27.2 Å². The highest BCUT2D eigenvalue weighted by molar-refractivity contribution is 9.09. The average molecular weight is 223 g/mol. The molecule has 0 amide bonds. The van der Waals surface area contributed by atoms with Crippen molar-refractivity contribution in [1.29, 1.82) is 0 Å². The average Bonchev–Trinajstić information content (AvgIpc) is 1.85. The van der Waals surface area contributed by atoms with E-state index in [9.17, 15) is 4.79 Å². The van der Waals surface area contributed by atoms with E-state index in [1.165, 1.54) is 0 Å². The summed E-state index contributed by atoms with van der Waals surface area (Å²) in [4.78, 5) is 10.7. The summed E-state index contributed by atoms with van der Waals surface area (Å²) >= 11 is 3.03. The van der Waals surface area contributed by atoms with Crippen molar-refractivity contribution in [2.75, 3.05) is 5.33 Å². The number of carbonyl (C=O) groups excluding carboxylic acids is 1. The molecule has 1 atom stereocenters. The number of carbonyl (C=O) groups is 1. The van der Waals surface area contributed by atoms with Crippen LogP contribution in [0, 0.1) is 5.92 Å². The Labute approximate surface area is 76.4 Å². The standard InChI is InChI=1S/C8H15BrO2/c1-6(2)4-7(3)11-8(10)5-9/h6-7H,4-5H2,1-3H3/t7-/m1/s1. The molecule has 0 heterocycles. The highest BCUT2D eigenvalue weighted by Gasteiger charge is 2.09. The van der Waals surface area contributed by atoms with E-state index in [-0.39, 0.29) is 17.4 Å². The van der Waals surface area contributed by atoms with Crippen LogP contribution in [0.2, 0.25) is 0 Å². The van der Waals surface area contributed by atoms with Crippen molar-refractivity contribution in [3.63, 3.8) is 0 Å². The van der Waals surface area contributed by atoms with Gasteiger partial charge in [0.2, 0.25) is 0 Å². The first kappa shape index (κ1) is 11.0. The molecule has 0 bridgehead atoms. The number of esters is 1. The number of ether oxygens (including phenoxy) is 1. The Morgan fingerprint density at radius 1 is 1.45 bits per heavy atom. The fourth-order valence-corrected chi connectivity index (χ4v) is 1.10. The fraction of sp³-hybridized carbons (Fsp3) is 0.875. The molecule has 0 aliphatic carbocycles. The van der Waals surface area contributed by atoms with Crippen molar-refractivity contribution < 1.29 is 9.53 Å². The molecule has 0 aromatic heterocycles. The van der Waals surface area contributed by atoms with E-state index in [4.69, 9.17) is 4.74 Å². The summed E-state index contributed by atoms with van der Waals surface area (Å²) in [5.74, 6) is 0.395. The Morgan fingerprint density at radius 3 is 2.36 bits per heavy atom. The summed E-state index contributed by atoms with van der Waals surface area (Å²) in [5.41, 5.74) is 0. The van der Waals surface area contributed by atoms with E-state index in [1.54, 1.807) is 0 Å². The molecule has 0 fully saturated rings. The molecule has 0 saturated carbocycles. The Morgan fingerprint density at radius 2 is 2.00 bits per heavy atom. The lowest BCUT2D eigenvalue weighted by atomic mass is 10.1. The van der Waals surface area contributed by atoms with Gasteiger partial charge in [0.25, 0.3) is 0 Å². The van der Waals surface area contributed by atoms with Gasteiger partial charge in [0.05, 0.1) is 6.10 Å². The van der Waals surface area contributed by atoms with Crippen LogP contribution in [-0.4, -0.2) is 17.4 Å². The molecule has 0 saturated heterocycles. The van der Waals surface area contributed by atoms with E-state index >= 15 is 0 Å². The Hall–Kier alpha value is -0.0500. The molecule has 0 aliphatic rings. The Bertz CT molecular complexity index is 123. The van der Waals surface area contributed by atoms with Gasteiger partial charge in [-0.05, 0) is 19.3 Å². The van der Waals surface area contributed by atoms with Crippen molar-refractivity contribution in [2.24, 2.45) is 5.92 Å². The van der Waals surface area contributed by atoms with E-state index in [2.05, 4.69) is 29.8 Å². The molecular formula is C8H15BrO2. The zero-order valence-electron chi connectivity index (χ0n) is 7.26. The van der Waals surface area contributed by atoms with Crippen molar-refractivity contribution in [1.82, 2.24) is 0 Å². The van der Waals surface area contributed by atoms with Crippen LogP contribution in [0.4, 0.5) is 0 Å². The maximum atomic E-state index is 10.7. The van der Waals surface area contributed by atoms with Crippen LogP contribution in [0.15, 0.2) is 0 Å². The Kier molecular flexibility index (Phi) is 5.56. The number of halogens is 1. The summed E-state index contributed by atoms with van der Waals surface area (Å²) < 4.78 is 5.02. The van der Waals surface area contributed by atoms with Gasteiger partial charge in [-0.15, -0.1) is 0 Å². The number of rotatable bonds is 4. The van der Waals surface area contributed by atoms with E-state index in [1.807, 2.05) is 6.92 Å². The second-order valence-electron chi connectivity index (χ2n) is 3.06. The van der Waals surface area contributed by atoms with E-state index in [0.29, 0.717) is 5.92 Å².